The van der Waals surface area contributed by atoms with E-state index in [0.717, 1.165) is 10.5 Å². The van der Waals surface area contributed by atoms with E-state index in [2.05, 4.69) is 10.1 Å². The van der Waals surface area contributed by atoms with Gasteiger partial charge in [0.2, 0.25) is 17.6 Å². The number of carbonyl (C=O) groups excluding carboxylic acids is 2. The molecule has 0 aliphatic carbocycles. The molecular weight excluding hydrogens is 440 g/mol. The first-order valence-electron chi connectivity index (χ1n) is 11.1. The molecule has 0 bridgehead atoms. The van der Waals surface area contributed by atoms with E-state index in [4.69, 9.17) is 9.26 Å². The lowest BCUT2D eigenvalue weighted by atomic mass is 10.0. The van der Waals surface area contributed by atoms with Crippen molar-refractivity contribution in [1.82, 2.24) is 19.9 Å². The second kappa shape index (κ2) is 11.1. The molecule has 0 aliphatic rings. The van der Waals surface area contributed by atoms with Crippen LogP contribution in [0.15, 0.2) is 34.9 Å². The van der Waals surface area contributed by atoms with E-state index in [9.17, 15) is 19.5 Å². The van der Waals surface area contributed by atoms with E-state index in [1.54, 1.807) is 20.8 Å². The first-order chi connectivity index (χ1) is 15.8. The highest BCUT2D eigenvalue weighted by molar-refractivity contribution is 5.89. The maximum absolute atomic E-state index is 13.4. The summed E-state index contributed by atoms with van der Waals surface area (Å²) in [5, 5.41) is 13.8. The lowest BCUT2D eigenvalue weighted by molar-refractivity contribution is -0.151. The molecule has 2 amide bonds. The Morgan fingerprint density at radius 1 is 1.06 bits per heavy atom. The molecule has 1 heterocycles. The number of nitrogens with zero attached hydrogens (tertiary/aromatic N) is 4. The summed E-state index contributed by atoms with van der Waals surface area (Å²) < 4.78 is 10.7. The predicted octanol–water partition coefficient (Wildman–Crippen LogP) is 3.47. The van der Waals surface area contributed by atoms with Crippen molar-refractivity contribution in [3.05, 3.63) is 36.2 Å². The molecule has 186 valence electrons. The molecule has 0 saturated heterocycles. The molecule has 0 fully saturated rings. The van der Waals surface area contributed by atoms with Crippen molar-refractivity contribution < 1.29 is 28.8 Å². The molecule has 1 aromatic carbocycles. The summed E-state index contributed by atoms with van der Waals surface area (Å²) >= 11 is 0. The highest BCUT2D eigenvalue weighted by atomic mass is 16.6. The average Bonchev–Trinajstić information content (AvgIpc) is 3.22. The first kappa shape index (κ1) is 26.8. The monoisotopic (exact) mass is 474 g/mol. The van der Waals surface area contributed by atoms with Gasteiger partial charge in [-0.2, -0.15) is 4.98 Å². The molecule has 0 aliphatic heterocycles. The minimum absolute atomic E-state index is 0.0693. The molecule has 2 aromatic rings. The number of ether oxygens (including phenoxy) is 1. The molecule has 10 heteroatoms. The fourth-order valence-corrected chi connectivity index (χ4v) is 3.32. The van der Waals surface area contributed by atoms with E-state index >= 15 is 0 Å². The zero-order chi connectivity index (χ0) is 25.6. The number of aromatic nitrogens is 2. The van der Waals surface area contributed by atoms with Gasteiger partial charge in [-0.3, -0.25) is 9.69 Å². The number of aliphatic carboxylic acids is 1. The standard InChI is InChI=1S/C24H34N4O6/c1-15(2)13-17(28(7)23(32)33-24(3,4)5)21(29)27(6)18(22(30)31)14-19-25-20(26-34-19)16-11-9-8-10-12-16/h8-12,15,17-18H,13-14H2,1-7H3,(H,30,31)/t17-,18+/m0/s1. The fourth-order valence-electron chi connectivity index (χ4n) is 3.32. The first-order valence-corrected chi connectivity index (χ1v) is 11.1. The maximum Gasteiger partial charge on any atom is 0.410 e. The van der Waals surface area contributed by atoms with Crippen LogP contribution in [0.3, 0.4) is 0 Å². The van der Waals surface area contributed by atoms with Crippen LogP contribution < -0.4 is 0 Å². The molecule has 0 spiro atoms. The van der Waals surface area contributed by atoms with Gasteiger partial charge in [0.25, 0.3) is 0 Å². The van der Waals surface area contributed by atoms with Crippen LogP contribution in [0.2, 0.25) is 0 Å². The second-order valence-corrected chi connectivity index (χ2v) is 9.62. The maximum atomic E-state index is 13.4. The third-order valence-corrected chi connectivity index (χ3v) is 5.10. The van der Waals surface area contributed by atoms with Gasteiger partial charge < -0.3 is 19.3 Å². The molecule has 2 atom stereocenters. The van der Waals surface area contributed by atoms with Gasteiger partial charge in [-0.15, -0.1) is 0 Å². The van der Waals surface area contributed by atoms with Crippen molar-refractivity contribution in [3.8, 4) is 11.4 Å². The fraction of sp³-hybridized carbons (Fsp3) is 0.542. The van der Waals surface area contributed by atoms with E-state index in [1.807, 2.05) is 44.2 Å². The highest BCUT2D eigenvalue weighted by Crippen LogP contribution is 2.20. The number of carboxylic acids is 1. The van der Waals surface area contributed by atoms with Crippen LogP contribution >= 0.6 is 0 Å². The molecular formula is C24H34N4O6. The Hall–Kier alpha value is -3.43. The molecule has 0 radical (unpaired) electrons. The van der Waals surface area contributed by atoms with Crippen LogP contribution in [-0.2, 0) is 20.7 Å². The Bertz CT molecular complexity index is 983. The van der Waals surface area contributed by atoms with Gasteiger partial charge in [-0.1, -0.05) is 49.3 Å². The topological polar surface area (TPSA) is 126 Å². The minimum Gasteiger partial charge on any atom is -0.480 e. The number of carboxylic acid groups (broad SMARTS) is 1. The molecule has 2 rings (SSSR count). The number of likely N-dealkylation sites (N-methyl/N-ethyl adjacent to an activating group) is 2. The van der Waals surface area contributed by atoms with Gasteiger partial charge in [0.15, 0.2) is 0 Å². The smallest absolute Gasteiger partial charge is 0.410 e. The van der Waals surface area contributed by atoms with Crippen LogP contribution in [0.25, 0.3) is 11.4 Å². The lowest BCUT2D eigenvalue weighted by Crippen LogP contribution is -2.54. The Balaban J connectivity index is 2.23. The predicted molar refractivity (Wildman–Crippen MR) is 125 cm³/mol. The zero-order valence-corrected chi connectivity index (χ0v) is 20.8. The Morgan fingerprint density at radius 2 is 1.68 bits per heavy atom. The summed E-state index contributed by atoms with van der Waals surface area (Å²) in [7, 11) is 2.87. The van der Waals surface area contributed by atoms with Gasteiger partial charge in [-0.05, 0) is 33.1 Å². The summed E-state index contributed by atoms with van der Waals surface area (Å²) in [6.45, 7) is 9.04. The molecule has 0 unspecified atom stereocenters. The lowest BCUT2D eigenvalue weighted by Gasteiger charge is -2.34. The quantitative estimate of drug-likeness (QED) is 0.585. The van der Waals surface area contributed by atoms with Crippen LogP contribution in [-0.4, -0.2) is 74.8 Å². The summed E-state index contributed by atoms with van der Waals surface area (Å²) in [6, 6.07) is 6.96. The number of rotatable bonds is 9. The van der Waals surface area contributed by atoms with Gasteiger partial charge in [0.1, 0.15) is 17.7 Å². The van der Waals surface area contributed by atoms with Crippen LogP contribution in [0.4, 0.5) is 4.79 Å². The highest BCUT2D eigenvalue weighted by Gasteiger charge is 2.37. The summed E-state index contributed by atoms with van der Waals surface area (Å²) in [5.74, 6) is -1.25. The average molecular weight is 475 g/mol. The Labute approximate surface area is 199 Å². The van der Waals surface area contributed by atoms with E-state index in [-0.39, 0.29) is 18.2 Å². The summed E-state index contributed by atoms with van der Waals surface area (Å²) in [5.41, 5.74) is -0.00877. The van der Waals surface area contributed by atoms with E-state index in [1.165, 1.54) is 19.0 Å². The third-order valence-electron chi connectivity index (χ3n) is 5.10. The van der Waals surface area contributed by atoms with Gasteiger partial charge in [0.05, 0.1) is 6.42 Å². The van der Waals surface area contributed by atoms with Crippen molar-refractivity contribution in [3.63, 3.8) is 0 Å². The SMILES string of the molecule is CC(C)C[C@@H](C(=O)N(C)[C@H](Cc1nc(-c2ccccc2)no1)C(=O)O)N(C)C(=O)OC(C)(C)C. The molecule has 1 aromatic heterocycles. The largest absolute Gasteiger partial charge is 0.480 e. The summed E-state index contributed by atoms with van der Waals surface area (Å²) in [4.78, 5) is 44.7. The minimum atomic E-state index is -1.27. The molecule has 0 saturated carbocycles. The number of hydrogen-bond acceptors (Lipinski definition) is 7. The second-order valence-electron chi connectivity index (χ2n) is 9.62. The number of hydrogen-bond donors (Lipinski definition) is 1. The number of amides is 2. The van der Waals surface area contributed by atoms with E-state index in [0.29, 0.717) is 12.2 Å². The molecule has 10 nitrogen and oxygen atoms in total. The van der Waals surface area contributed by atoms with Crippen molar-refractivity contribution in [2.45, 2.75) is 65.1 Å². The van der Waals surface area contributed by atoms with Crippen molar-refractivity contribution in [2.24, 2.45) is 5.92 Å². The normalized spacial score (nSPS) is 13.3. The van der Waals surface area contributed by atoms with Crippen LogP contribution in [0.1, 0.15) is 46.9 Å². The summed E-state index contributed by atoms with van der Waals surface area (Å²) in [6.07, 6.45) is -0.498. The van der Waals surface area contributed by atoms with E-state index < -0.39 is 35.7 Å². The van der Waals surface area contributed by atoms with Crippen LogP contribution in [0.5, 0.6) is 0 Å². The zero-order valence-electron chi connectivity index (χ0n) is 20.8. The number of carbonyl (C=O) groups is 3. The van der Waals surface area contributed by atoms with Gasteiger partial charge in [0, 0.05) is 19.7 Å². The Morgan fingerprint density at radius 3 is 2.21 bits per heavy atom. The molecule has 34 heavy (non-hydrogen) atoms. The van der Waals surface area contributed by atoms with Crippen LogP contribution in [0, 0.1) is 5.92 Å². The third kappa shape index (κ3) is 7.29. The number of benzene rings is 1. The molecule has 1 N–H and O–H groups in total. The van der Waals surface area contributed by atoms with Crippen molar-refractivity contribution >= 4 is 18.0 Å². The van der Waals surface area contributed by atoms with Crippen molar-refractivity contribution in [2.75, 3.05) is 14.1 Å². The van der Waals surface area contributed by atoms with Gasteiger partial charge >= 0.3 is 12.1 Å². The van der Waals surface area contributed by atoms with Gasteiger partial charge in [-0.25, -0.2) is 9.59 Å². The van der Waals surface area contributed by atoms with Crippen molar-refractivity contribution in [1.29, 1.82) is 0 Å². The Kier molecular flexibility index (Phi) is 8.78.